The van der Waals surface area contributed by atoms with E-state index in [1.165, 1.54) is 24.1 Å². The van der Waals surface area contributed by atoms with Gasteiger partial charge in [-0.25, -0.2) is 4.79 Å². The molecule has 0 unspecified atom stereocenters. The Morgan fingerprint density at radius 2 is 1.78 bits per heavy atom. The van der Waals surface area contributed by atoms with Crippen LogP contribution in [0.5, 0.6) is 5.75 Å². The largest absolute Gasteiger partial charge is 0.497 e. The molecule has 1 saturated heterocycles. The maximum atomic E-state index is 12.5. The fraction of sp³-hybridized carbons (Fsp3) is 0.118. The van der Waals surface area contributed by atoms with Gasteiger partial charge < -0.3 is 4.74 Å². The topological polar surface area (TPSA) is 66.9 Å². The Morgan fingerprint density at radius 3 is 2.48 bits per heavy atom. The first-order chi connectivity index (χ1) is 11.1. The average Bonchev–Trinajstić information content (AvgIpc) is 2.89. The van der Waals surface area contributed by atoms with Crippen LogP contribution in [0.25, 0.3) is 0 Å². The van der Waals surface area contributed by atoms with Crippen LogP contribution >= 0.6 is 0 Å². The molecule has 2 aromatic rings. The smallest absolute Gasteiger partial charge is 0.338 e. The summed E-state index contributed by atoms with van der Waals surface area (Å²) in [5.74, 6) is -0.723. The highest BCUT2D eigenvalue weighted by molar-refractivity contribution is 6.24. The molecule has 1 aliphatic heterocycles. The van der Waals surface area contributed by atoms with Crippen molar-refractivity contribution in [2.75, 3.05) is 18.6 Å². The number of ether oxygens (including phenoxy) is 1. The highest BCUT2D eigenvalue weighted by Gasteiger charge is 2.41. The third-order valence-electron chi connectivity index (χ3n) is 3.55. The van der Waals surface area contributed by atoms with E-state index in [1.807, 2.05) is 6.07 Å². The van der Waals surface area contributed by atoms with E-state index in [0.29, 0.717) is 16.3 Å². The first kappa shape index (κ1) is 14.8. The number of para-hydroxylation sites is 1. The summed E-state index contributed by atoms with van der Waals surface area (Å²) in [6, 6.07) is 14.5. The van der Waals surface area contributed by atoms with E-state index >= 15 is 0 Å². The standard InChI is InChI=1S/C17H14N2O4/c1-23-14-9-5-6-12(10-14)16(21)19-15(20)11-18(17(19)22)13-7-3-2-4-8-13/h2-10H,11H2,1H3. The first-order valence-electron chi connectivity index (χ1n) is 6.99. The van der Waals surface area contributed by atoms with Gasteiger partial charge in [0.1, 0.15) is 12.3 Å². The Labute approximate surface area is 132 Å². The van der Waals surface area contributed by atoms with Crippen molar-refractivity contribution in [3.63, 3.8) is 0 Å². The molecule has 3 rings (SSSR count). The van der Waals surface area contributed by atoms with E-state index in [1.54, 1.807) is 36.4 Å². The Balaban J connectivity index is 1.89. The van der Waals surface area contributed by atoms with Gasteiger partial charge in [-0.1, -0.05) is 24.3 Å². The Bertz CT molecular complexity index is 773. The zero-order valence-electron chi connectivity index (χ0n) is 12.4. The Kier molecular flexibility index (Phi) is 3.80. The maximum Gasteiger partial charge on any atom is 0.338 e. The highest BCUT2D eigenvalue weighted by atomic mass is 16.5. The second-order valence-corrected chi connectivity index (χ2v) is 4.97. The number of nitrogens with zero attached hydrogens (tertiary/aromatic N) is 2. The van der Waals surface area contributed by atoms with Crippen LogP contribution in [0.1, 0.15) is 10.4 Å². The van der Waals surface area contributed by atoms with Gasteiger partial charge in [-0.05, 0) is 30.3 Å². The van der Waals surface area contributed by atoms with Crippen LogP contribution in [-0.2, 0) is 4.79 Å². The van der Waals surface area contributed by atoms with Gasteiger partial charge in [0.2, 0.25) is 0 Å². The summed E-state index contributed by atoms with van der Waals surface area (Å²) in [5, 5.41) is 0. The summed E-state index contributed by atoms with van der Waals surface area (Å²) in [7, 11) is 1.48. The molecule has 1 aliphatic rings. The van der Waals surface area contributed by atoms with Crippen molar-refractivity contribution in [2.24, 2.45) is 0 Å². The third kappa shape index (κ3) is 2.66. The quantitative estimate of drug-likeness (QED) is 0.644. The van der Waals surface area contributed by atoms with Crippen LogP contribution in [0, 0.1) is 0 Å². The molecule has 6 heteroatoms. The van der Waals surface area contributed by atoms with Gasteiger partial charge in [0.05, 0.1) is 7.11 Å². The van der Waals surface area contributed by atoms with Crippen LogP contribution in [0.3, 0.4) is 0 Å². The van der Waals surface area contributed by atoms with Gasteiger partial charge in [0.25, 0.3) is 11.8 Å². The molecule has 1 heterocycles. The summed E-state index contributed by atoms with van der Waals surface area (Å²) in [5.41, 5.74) is 0.799. The van der Waals surface area contributed by atoms with Crippen LogP contribution in [0.4, 0.5) is 10.5 Å². The molecule has 2 aromatic carbocycles. The number of imide groups is 3. The van der Waals surface area contributed by atoms with Crippen molar-refractivity contribution in [1.29, 1.82) is 0 Å². The maximum absolute atomic E-state index is 12.5. The predicted octanol–water partition coefficient (Wildman–Crippen LogP) is 2.30. The van der Waals surface area contributed by atoms with E-state index < -0.39 is 17.8 Å². The van der Waals surface area contributed by atoms with Crippen molar-refractivity contribution in [3.05, 3.63) is 60.2 Å². The zero-order chi connectivity index (χ0) is 16.4. The SMILES string of the molecule is COc1cccc(C(=O)N2C(=O)CN(c3ccccc3)C2=O)c1. The van der Waals surface area contributed by atoms with E-state index in [2.05, 4.69) is 0 Å². The molecule has 0 bridgehead atoms. The van der Waals surface area contributed by atoms with Gasteiger partial charge in [-0.2, -0.15) is 4.90 Å². The lowest BCUT2D eigenvalue weighted by molar-refractivity contribution is -0.123. The van der Waals surface area contributed by atoms with E-state index in [-0.39, 0.29) is 12.1 Å². The first-order valence-corrected chi connectivity index (χ1v) is 6.99. The summed E-state index contributed by atoms with van der Waals surface area (Å²) < 4.78 is 5.06. The molecular formula is C17H14N2O4. The highest BCUT2D eigenvalue weighted by Crippen LogP contribution is 2.23. The van der Waals surface area contributed by atoms with Crippen LogP contribution in [0.15, 0.2) is 54.6 Å². The molecular weight excluding hydrogens is 296 g/mol. The van der Waals surface area contributed by atoms with Crippen molar-refractivity contribution < 1.29 is 19.1 Å². The predicted molar refractivity (Wildman–Crippen MR) is 83.4 cm³/mol. The molecule has 23 heavy (non-hydrogen) atoms. The lowest BCUT2D eigenvalue weighted by atomic mass is 10.2. The van der Waals surface area contributed by atoms with E-state index in [9.17, 15) is 14.4 Å². The normalized spacial score (nSPS) is 14.3. The van der Waals surface area contributed by atoms with Gasteiger partial charge in [0, 0.05) is 11.3 Å². The van der Waals surface area contributed by atoms with E-state index in [4.69, 9.17) is 4.74 Å². The lowest BCUT2D eigenvalue weighted by Gasteiger charge is -2.16. The van der Waals surface area contributed by atoms with Crippen molar-refractivity contribution >= 4 is 23.5 Å². The van der Waals surface area contributed by atoms with Crippen LogP contribution in [0.2, 0.25) is 0 Å². The number of benzene rings is 2. The monoisotopic (exact) mass is 310 g/mol. The van der Waals surface area contributed by atoms with E-state index in [0.717, 1.165) is 0 Å². The minimum atomic E-state index is -0.655. The van der Waals surface area contributed by atoms with Gasteiger partial charge in [0.15, 0.2) is 0 Å². The molecule has 0 N–H and O–H groups in total. The molecule has 116 valence electrons. The fourth-order valence-electron chi connectivity index (χ4n) is 2.40. The Morgan fingerprint density at radius 1 is 1.04 bits per heavy atom. The number of methoxy groups -OCH3 is 1. The second kappa shape index (κ2) is 5.92. The molecule has 0 aromatic heterocycles. The fourth-order valence-corrected chi connectivity index (χ4v) is 2.40. The van der Waals surface area contributed by atoms with Crippen LogP contribution in [-0.4, -0.2) is 36.4 Å². The molecule has 1 fully saturated rings. The molecule has 0 atom stereocenters. The number of hydrogen-bond acceptors (Lipinski definition) is 4. The number of amides is 4. The van der Waals surface area contributed by atoms with Crippen molar-refractivity contribution in [2.45, 2.75) is 0 Å². The Hall–Kier alpha value is -3.15. The minimum Gasteiger partial charge on any atom is -0.497 e. The number of carbonyl (C=O) groups excluding carboxylic acids is 3. The minimum absolute atomic E-state index is 0.154. The third-order valence-corrected chi connectivity index (χ3v) is 3.55. The molecule has 0 spiro atoms. The molecule has 6 nitrogen and oxygen atoms in total. The molecule has 0 aliphatic carbocycles. The van der Waals surface area contributed by atoms with Crippen molar-refractivity contribution in [3.8, 4) is 5.75 Å². The molecule has 4 amide bonds. The summed E-state index contributed by atoms with van der Waals surface area (Å²) in [6.45, 7) is -0.154. The number of carbonyl (C=O) groups is 3. The van der Waals surface area contributed by atoms with Gasteiger partial charge in [-0.3, -0.25) is 14.5 Å². The summed E-state index contributed by atoms with van der Waals surface area (Å²) in [4.78, 5) is 39.1. The molecule has 0 radical (unpaired) electrons. The van der Waals surface area contributed by atoms with Crippen LogP contribution < -0.4 is 9.64 Å². The zero-order valence-corrected chi connectivity index (χ0v) is 12.4. The molecule has 0 saturated carbocycles. The van der Waals surface area contributed by atoms with Crippen molar-refractivity contribution in [1.82, 2.24) is 4.90 Å². The number of urea groups is 1. The summed E-state index contributed by atoms with van der Waals surface area (Å²) >= 11 is 0. The number of anilines is 1. The van der Waals surface area contributed by atoms with Gasteiger partial charge in [-0.15, -0.1) is 0 Å². The lowest BCUT2D eigenvalue weighted by Crippen LogP contribution is -2.38. The summed E-state index contributed by atoms with van der Waals surface area (Å²) in [6.07, 6.45) is 0. The van der Waals surface area contributed by atoms with Gasteiger partial charge >= 0.3 is 6.03 Å². The number of hydrogen-bond donors (Lipinski definition) is 0. The average molecular weight is 310 g/mol. The second-order valence-electron chi connectivity index (χ2n) is 4.97. The number of rotatable bonds is 3.